The van der Waals surface area contributed by atoms with Crippen molar-refractivity contribution in [1.29, 1.82) is 0 Å². The predicted octanol–water partition coefficient (Wildman–Crippen LogP) is 6.13. The number of nitrogens with zero attached hydrogens (tertiary/aromatic N) is 2. The third-order valence-corrected chi connectivity index (χ3v) is 5.23. The first kappa shape index (κ1) is 29.9. The lowest BCUT2D eigenvalue weighted by Crippen LogP contribution is -2.45. The number of carbonyl (C=O) groups is 2. The maximum atomic E-state index is 13.1. The second-order valence-electron chi connectivity index (χ2n) is 10.3. The van der Waals surface area contributed by atoms with Crippen LogP contribution in [0.4, 0.5) is 18.0 Å². The first-order chi connectivity index (χ1) is 17.2. The molecule has 1 aliphatic rings. The molecule has 2 aromatic rings. The number of esters is 1. The van der Waals surface area contributed by atoms with E-state index < -0.39 is 46.8 Å². The average Bonchev–Trinajstić information content (AvgIpc) is 2.83. The molecule has 0 aliphatic carbocycles. The first-order valence-corrected chi connectivity index (χ1v) is 12.0. The van der Waals surface area contributed by atoms with Crippen LogP contribution in [-0.2, 0) is 20.4 Å². The average molecular weight is 525 g/mol. The molecule has 0 unspecified atom stereocenters. The number of benzene rings is 1. The number of likely N-dealkylation sites (tertiary alicyclic amines) is 1. The van der Waals surface area contributed by atoms with Crippen molar-refractivity contribution in [1.82, 2.24) is 9.88 Å². The number of halogens is 3. The third-order valence-electron chi connectivity index (χ3n) is 5.23. The Morgan fingerprint density at radius 3 is 1.97 bits per heavy atom. The summed E-state index contributed by atoms with van der Waals surface area (Å²) in [5.74, 6) is -1.17. The molecule has 0 N–H and O–H groups in total. The lowest BCUT2D eigenvalue weighted by Gasteiger charge is -2.34. The number of rotatable bonds is 5. The van der Waals surface area contributed by atoms with Gasteiger partial charge >= 0.3 is 18.2 Å². The molecule has 1 aromatic carbocycles. The highest BCUT2D eigenvalue weighted by Crippen LogP contribution is 2.35. The molecule has 3 rings (SSSR count). The van der Waals surface area contributed by atoms with Crippen LogP contribution in [0.3, 0.4) is 0 Å². The summed E-state index contributed by atoms with van der Waals surface area (Å²) >= 11 is 0. The Morgan fingerprint density at radius 2 is 1.49 bits per heavy atom. The highest BCUT2D eigenvalue weighted by molar-refractivity contribution is 5.76. The number of alkyl halides is 3. The van der Waals surface area contributed by atoms with Gasteiger partial charge < -0.3 is 19.1 Å². The van der Waals surface area contributed by atoms with Crippen LogP contribution in [0.5, 0.6) is 5.88 Å². The zero-order chi connectivity index (χ0) is 27.7. The fourth-order valence-electron chi connectivity index (χ4n) is 3.21. The summed E-state index contributed by atoms with van der Waals surface area (Å²) in [7, 11) is 0. The van der Waals surface area contributed by atoms with Crippen LogP contribution < -0.4 is 4.74 Å². The van der Waals surface area contributed by atoms with E-state index in [0.29, 0.717) is 25.9 Å². The smallest absolute Gasteiger partial charge is 0.421 e. The second kappa shape index (κ2) is 12.8. The number of carbonyl (C=O) groups excluding carboxylic acids is 2. The van der Waals surface area contributed by atoms with Gasteiger partial charge in [-0.25, -0.2) is 9.78 Å². The van der Waals surface area contributed by atoms with E-state index in [0.717, 1.165) is 6.07 Å². The monoisotopic (exact) mass is 524 g/mol. The lowest BCUT2D eigenvalue weighted by molar-refractivity contribution is -0.163. The van der Waals surface area contributed by atoms with E-state index in [4.69, 9.17) is 14.2 Å². The maximum absolute atomic E-state index is 13.1. The maximum Gasteiger partial charge on any atom is 0.421 e. The van der Waals surface area contributed by atoms with Crippen molar-refractivity contribution in [2.75, 3.05) is 19.7 Å². The summed E-state index contributed by atoms with van der Waals surface area (Å²) < 4.78 is 55.3. The molecule has 10 heteroatoms. The van der Waals surface area contributed by atoms with E-state index >= 15 is 0 Å². The Hall–Kier alpha value is -3.30. The van der Waals surface area contributed by atoms with Crippen molar-refractivity contribution in [2.45, 2.75) is 65.3 Å². The second-order valence-corrected chi connectivity index (χ2v) is 10.3. The molecule has 0 atom stereocenters. The summed E-state index contributed by atoms with van der Waals surface area (Å²) in [5.41, 5.74) is -2.79. The van der Waals surface area contributed by atoms with Gasteiger partial charge in [-0.3, -0.25) is 4.79 Å². The predicted molar refractivity (Wildman–Crippen MR) is 132 cm³/mol. The molecule has 2 heterocycles. The van der Waals surface area contributed by atoms with Crippen molar-refractivity contribution in [3.05, 3.63) is 60.3 Å². The summed E-state index contributed by atoms with van der Waals surface area (Å²) in [5, 5.41) is 0. The zero-order valence-corrected chi connectivity index (χ0v) is 21.9. The van der Waals surface area contributed by atoms with Gasteiger partial charge in [-0.2, -0.15) is 13.2 Å². The molecule has 37 heavy (non-hydrogen) atoms. The Morgan fingerprint density at radius 1 is 0.946 bits per heavy atom. The van der Waals surface area contributed by atoms with Gasteiger partial charge in [-0.1, -0.05) is 36.4 Å². The van der Waals surface area contributed by atoms with E-state index in [2.05, 4.69) is 4.98 Å². The molecule has 0 spiro atoms. The van der Waals surface area contributed by atoms with Gasteiger partial charge in [0, 0.05) is 32.1 Å². The Labute approximate surface area is 215 Å². The Bertz CT molecular complexity index is 972. The normalized spacial score (nSPS) is 14.8. The van der Waals surface area contributed by atoms with Crippen molar-refractivity contribution >= 4 is 12.1 Å². The molecule has 7 nitrogen and oxygen atoms in total. The van der Waals surface area contributed by atoms with Crippen LogP contribution in [-0.4, -0.2) is 53.3 Å². The topological polar surface area (TPSA) is 78.0 Å². The molecule has 0 radical (unpaired) electrons. The van der Waals surface area contributed by atoms with Crippen molar-refractivity contribution in [3.63, 3.8) is 0 Å². The van der Waals surface area contributed by atoms with Crippen LogP contribution in [0.25, 0.3) is 0 Å². The number of pyridine rings is 1. The SMILES string of the molecule is CC(C)(C)OC(=O)N1CCC(OC(=O)C(C)(C)COc2ncccc2C(F)(F)F)CC1.c1ccccc1. The van der Waals surface area contributed by atoms with E-state index in [9.17, 15) is 22.8 Å². The van der Waals surface area contributed by atoms with Gasteiger partial charge in [-0.15, -0.1) is 0 Å². The fourth-order valence-corrected chi connectivity index (χ4v) is 3.21. The number of ether oxygens (including phenoxy) is 3. The molecule has 1 amide bonds. The summed E-state index contributed by atoms with van der Waals surface area (Å²) in [4.78, 5) is 29.9. The van der Waals surface area contributed by atoms with Crippen molar-refractivity contribution in [2.24, 2.45) is 5.41 Å². The molecule has 0 bridgehead atoms. The van der Waals surface area contributed by atoms with E-state index in [-0.39, 0.29) is 6.61 Å². The van der Waals surface area contributed by atoms with Crippen LogP contribution >= 0.6 is 0 Å². The summed E-state index contributed by atoms with van der Waals surface area (Å²) in [6, 6.07) is 14.0. The zero-order valence-electron chi connectivity index (χ0n) is 21.9. The molecular weight excluding hydrogens is 489 g/mol. The summed E-state index contributed by atoms with van der Waals surface area (Å²) in [6.45, 7) is 8.84. The van der Waals surface area contributed by atoms with Gasteiger partial charge in [0.25, 0.3) is 0 Å². The Kier molecular flexibility index (Phi) is 10.3. The quantitative estimate of drug-likeness (QED) is 0.438. The molecule has 1 fully saturated rings. The van der Waals surface area contributed by atoms with Gasteiger partial charge in [-0.05, 0) is 46.8 Å². The van der Waals surface area contributed by atoms with E-state index in [1.165, 1.54) is 26.1 Å². The largest absolute Gasteiger partial charge is 0.476 e. The van der Waals surface area contributed by atoms with Gasteiger partial charge in [0.1, 0.15) is 23.9 Å². The Balaban J connectivity index is 0.000000700. The molecule has 1 aromatic heterocycles. The third kappa shape index (κ3) is 10.3. The summed E-state index contributed by atoms with van der Waals surface area (Å²) in [6.07, 6.45) is -3.35. The van der Waals surface area contributed by atoms with Crippen LogP contribution in [0.15, 0.2) is 54.7 Å². The number of hydrogen-bond donors (Lipinski definition) is 0. The van der Waals surface area contributed by atoms with E-state index in [1.807, 2.05) is 36.4 Å². The highest BCUT2D eigenvalue weighted by Gasteiger charge is 2.38. The minimum absolute atomic E-state index is 0.331. The standard InChI is InChI=1S/C21H29F3N2O5.C6H6/c1-19(2,3)31-18(28)26-11-8-14(9-12-26)30-17(27)20(4,5)13-29-16-15(21(22,23)24)7-6-10-25-16;1-2-4-6-5-3-1/h6-7,10,14H,8-9,11-13H2,1-5H3;1-6H. The lowest BCUT2D eigenvalue weighted by atomic mass is 9.94. The van der Waals surface area contributed by atoms with Crippen molar-refractivity contribution in [3.8, 4) is 5.88 Å². The number of amides is 1. The fraction of sp³-hybridized carbons (Fsp3) is 0.519. The molecule has 1 aliphatic heterocycles. The molecule has 204 valence electrons. The molecular formula is C27H35F3N2O5. The minimum Gasteiger partial charge on any atom is -0.476 e. The first-order valence-electron chi connectivity index (χ1n) is 12.0. The highest BCUT2D eigenvalue weighted by atomic mass is 19.4. The minimum atomic E-state index is -4.61. The van der Waals surface area contributed by atoms with Crippen molar-refractivity contribution < 1.29 is 37.0 Å². The number of hydrogen-bond acceptors (Lipinski definition) is 6. The van der Waals surface area contributed by atoms with Crippen LogP contribution in [0.1, 0.15) is 53.0 Å². The van der Waals surface area contributed by atoms with Gasteiger partial charge in [0.05, 0.1) is 5.41 Å². The van der Waals surface area contributed by atoms with Gasteiger partial charge in [0.15, 0.2) is 0 Å². The van der Waals surface area contributed by atoms with Crippen LogP contribution in [0.2, 0.25) is 0 Å². The molecule has 1 saturated heterocycles. The number of piperidine rings is 1. The number of aromatic nitrogens is 1. The van der Waals surface area contributed by atoms with Gasteiger partial charge in [0.2, 0.25) is 5.88 Å². The molecule has 0 saturated carbocycles. The van der Waals surface area contributed by atoms with E-state index in [1.54, 1.807) is 25.7 Å². The van der Waals surface area contributed by atoms with Crippen LogP contribution in [0, 0.1) is 5.41 Å².